The van der Waals surface area contributed by atoms with Gasteiger partial charge in [0, 0.05) is 17.6 Å². The van der Waals surface area contributed by atoms with E-state index in [1.807, 2.05) is 57.2 Å². The molecule has 0 aliphatic heterocycles. The fourth-order valence-corrected chi connectivity index (χ4v) is 4.65. The van der Waals surface area contributed by atoms with Gasteiger partial charge in [-0.15, -0.1) is 0 Å². The van der Waals surface area contributed by atoms with Crippen LogP contribution in [0, 0.1) is 13.8 Å². The molecular weight excluding hydrogens is 436 g/mol. The average Bonchev–Trinajstić information content (AvgIpc) is 2.80. The molecule has 2 aromatic rings. The summed E-state index contributed by atoms with van der Waals surface area (Å²) in [6.45, 7) is 6.03. The van der Waals surface area contributed by atoms with E-state index in [0.29, 0.717) is 17.2 Å². The molecule has 1 aliphatic rings. The quantitative estimate of drug-likeness (QED) is 0.519. The Morgan fingerprint density at radius 2 is 1.85 bits per heavy atom. The van der Waals surface area contributed by atoms with Gasteiger partial charge in [-0.1, -0.05) is 73.7 Å². The number of benzene rings is 2. The van der Waals surface area contributed by atoms with Crippen molar-refractivity contribution in [3.63, 3.8) is 0 Å². The third kappa shape index (κ3) is 6.97. The molecule has 33 heavy (non-hydrogen) atoms. The van der Waals surface area contributed by atoms with Gasteiger partial charge in [0.15, 0.2) is 6.61 Å². The number of carbonyl (C=O) groups is 2. The lowest BCUT2D eigenvalue weighted by molar-refractivity contribution is -0.143. The molecule has 1 aliphatic carbocycles. The van der Waals surface area contributed by atoms with Gasteiger partial charge in [-0.25, -0.2) is 0 Å². The number of nitrogens with one attached hydrogen (secondary N) is 1. The fraction of sp³-hybridized carbons (Fsp3) is 0.481. The van der Waals surface area contributed by atoms with Gasteiger partial charge < -0.3 is 15.0 Å². The van der Waals surface area contributed by atoms with Crippen LogP contribution in [0.1, 0.15) is 62.1 Å². The molecule has 5 nitrogen and oxygen atoms in total. The van der Waals surface area contributed by atoms with E-state index in [2.05, 4.69) is 5.32 Å². The van der Waals surface area contributed by atoms with Gasteiger partial charge in [-0.05, 0) is 56.4 Å². The summed E-state index contributed by atoms with van der Waals surface area (Å²) < 4.78 is 5.87. The van der Waals surface area contributed by atoms with E-state index in [4.69, 9.17) is 16.3 Å². The van der Waals surface area contributed by atoms with E-state index in [1.54, 1.807) is 11.0 Å². The summed E-state index contributed by atoms with van der Waals surface area (Å²) in [5.74, 6) is 0.336. The predicted molar refractivity (Wildman–Crippen MR) is 133 cm³/mol. The van der Waals surface area contributed by atoms with Gasteiger partial charge in [0.25, 0.3) is 5.91 Å². The van der Waals surface area contributed by atoms with Crippen molar-refractivity contribution >= 4 is 23.4 Å². The second-order valence-corrected chi connectivity index (χ2v) is 9.35. The number of nitrogens with zero attached hydrogens (tertiary/aromatic N) is 1. The Bertz CT molecular complexity index is 956. The number of rotatable bonds is 9. The Morgan fingerprint density at radius 3 is 2.52 bits per heavy atom. The molecule has 1 unspecified atom stereocenters. The van der Waals surface area contributed by atoms with Crippen molar-refractivity contribution in [1.29, 1.82) is 0 Å². The first-order chi connectivity index (χ1) is 15.9. The van der Waals surface area contributed by atoms with Gasteiger partial charge in [0.1, 0.15) is 11.8 Å². The topological polar surface area (TPSA) is 58.6 Å². The van der Waals surface area contributed by atoms with E-state index in [9.17, 15) is 9.59 Å². The van der Waals surface area contributed by atoms with Crippen LogP contribution in [0.2, 0.25) is 5.02 Å². The maximum absolute atomic E-state index is 13.4. The molecule has 0 spiro atoms. The molecule has 3 rings (SSSR count). The molecule has 6 heteroatoms. The Kier molecular flexibility index (Phi) is 9.19. The molecule has 1 N–H and O–H groups in total. The summed E-state index contributed by atoms with van der Waals surface area (Å²) in [6.07, 6.45) is 5.99. The molecular formula is C27H35ClN2O3. The highest BCUT2D eigenvalue weighted by molar-refractivity contribution is 6.31. The highest BCUT2D eigenvalue weighted by Gasteiger charge is 2.31. The number of halogens is 1. The van der Waals surface area contributed by atoms with Gasteiger partial charge in [-0.3, -0.25) is 9.59 Å². The van der Waals surface area contributed by atoms with Crippen molar-refractivity contribution in [2.24, 2.45) is 0 Å². The molecule has 2 aromatic carbocycles. The summed E-state index contributed by atoms with van der Waals surface area (Å²) >= 11 is 6.39. The summed E-state index contributed by atoms with van der Waals surface area (Å²) in [5.41, 5.74) is 2.92. The normalized spacial score (nSPS) is 15.0. The molecule has 0 saturated heterocycles. The van der Waals surface area contributed by atoms with Crippen LogP contribution in [0.3, 0.4) is 0 Å². The summed E-state index contributed by atoms with van der Waals surface area (Å²) in [7, 11) is 0. The highest BCUT2D eigenvalue weighted by atomic mass is 35.5. The molecule has 0 heterocycles. The van der Waals surface area contributed by atoms with E-state index in [0.717, 1.165) is 42.4 Å². The third-order valence-electron chi connectivity index (χ3n) is 6.32. The first kappa shape index (κ1) is 25.1. The molecule has 2 amide bonds. The molecule has 0 aromatic heterocycles. The minimum absolute atomic E-state index is 0.101. The van der Waals surface area contributed by atoms with Crippen molar-refractivity contribution < 1.29 is 14.3 Å². The molecule has 0 radical (unpaired) electrons. The zero-order valence-corrected chi connectivity index (χ0v) is 20.7. The largest absolute Gasteiger partial charge is 0.483 e. The smallest absolute Gasteiger partial charge is 0.261 e. The van der Waals surface area contributed by atoms with Crippen molar-refractivity contribution in [1.82, 2.24) is 10.2 Å². The second-order valence-electron chi connectivity index (χ2n) is 8.94. The number of aryl methyl sites for hydroxylation is 2. The average molecular weight is 471 g/mol. The number of amides is 2. The summed E-state index contributed by atoms with van der Waals surface area (Å²) in [5, 5.41) is 3.77. The van der Waals surface area contributed by atoms with Crippen LogP contribution in [-0.2, 0) is 16.1 Å². The maximum atomic E-state index is 13.4. The molecule has 178 valence electrons. The Morgan fingerprint density at radius 1 is 1.12 bits per heavy atom. The molecule has 1 saturated carbocycles. The fourth-order valence-electron chi connectivity index (χ4n) is 4.46. The monoisotopic (exact) mass is 470 g/mol. The summed E-state index contributed by atoms with van der Waals surface area (Å²) in [6, 6.07) is 12.9. The van der Waals surface area contributed by atoms with Crippen LogP contribution < -0.4 is 10.1 Å². The van der Waals surface area contributed by atoms with E-state index in [1.165, 1.54) is 6.42 Å². The SMILES string of the molecule is CCC(C(=O)NC1CCCCC1)N(Cc1ccccc1Cl)C(=O)COc1ccc(C)cc1C. The first-order valence-corrected chi connectivity index (χ1v) is 12.3. The summed E-state index contributed by atoms with van der Waals surface area (Å²) in [4.78, 5) is 28.2. The lowest BCUT2D eigenvalue weighted by Gasteiger charge is -2.33. The van der Waals surface area contributed by atoms with Gasteiger partial charge in [0.2, 0.25) is 5.91 Å². The van der Waals surface area contributed by atoms with E-state index < -0.39 is 6.04 Å². The predicted octanol–water partition coefficient (Wildman–Crippen LogP) is 5.59. The second kappa shape index (κ2) is 12.1. The lowest BCUT2D eigenvalue weighted by Crippen LogP contribution is -2.52. The lowest BCUT2D eigenvalue weighted by atomic mass is 9.95. The van der Waals surface area contributed by atoms with Crippen LogP contribution in [-0.4, -0.2) is 35.4 Å². The van der Waals surface area contributed by atoms with Crippen LogP contribution in [0.25, 0.3) is 0 Å². The number of carbonyl (C=O) groups excluding carboxylic acids is 2. The first-order valence-electron chi connectivity index (χ1n) is 11.9. The standard InChI is InChI=1S/C27H35ClN2O3/c1-4-24(27(32)29-22-11-6-5-7-12-22)30(17-21-10-8-9-13-23(21)28)26(31)18-33-25-15-14-19(2)16-20(25)3/h8-10,13-16,22,24H,4-7,11-12,17-18H2,1-3H3,(H,29,32). The van der Waals surface area contributed by atoms with E-state index in [-0.39, 0.29) is 31.0 Å². The zero-order chi connectivity index (χ0) is 23.8. The number of hydrogen-bond donors (Lipinski definition) is 1. The molecule has 1 atom stereocenters. The van der Waals surface area contributed by atoms with E-state index >= 15 is 0 Å². The minimum Gasteiger partial charge on any atom is -0.483 e. The van der Waals surface area contributed by atoms with Gasteiger partial charge >= 0.3 is 0 Å². The Labute approximate surface area is 202 Å². The van der Waals surface area contributed by atoms with Crippen molar-refractivity contribution in [2.75, 3.05) is 6.61 Å². The van der Waals surface area contributed by atoms with Crippen LogP contribution in [0.4, 0.5) is 0 Å². The van der Waals surface area contributed by atoms with Crippen LogP contribution in [0.5, 0.6) is 5.75 Å². The number of ether oxygens (including phenoxy) is 1. The van der Waals surface area contributed by atoms with Crippen LogP contribution >= 0.6 is 11.6 Å². The maximum Gasteiger partial charge on any atom is 0.261 e. The van der Waals surface area contributed by atoms with Gasteiger partial charge in [-0.2, -0.15) is 0 Å². The Balaban J connectivity index is 1.78. The van der Waals surface area contributed by atoms with Crippen molar-refractivity contribution in [3.05, 3.63) is 64.2 Å². The third-order valence-corrected chi connectivity index (χ3v) is 6.69. The molecule has 1 fully saturated rings. The highest BCUT2D eigenvalue weighted by Crippen LogP contribution is 2.23. The Hall–Kier alpha value is -2.53. The zero-order valence-electron chi connectivity index (χ0n) is 19.9. The van der Waals surface area contributed by atoms with Crippen molar-refractivity contribution in [2.45, 2.75) is 77.9 Å². The van der Waals surface area contributed by atoms with Gasteiger partial charge in [0.05, 0.1) is 0 Å². The number of hydrogen-bond acceptors (Lipinski definition) is 3. The molecule has 0 bridgehead atoms. The minimum atomic E-state index is -0.585. The van der Waals surface area contributed by atoms with Crippen molar-refractivity contribution in [3.8, 4) is 5.75 Å². The van der Waals surface area contributed by atoms with Crippen LogP contribution in [0.15, 0.2) is 42.5 Å².